The molecule has 0 saturated carbocycles. The van der Waals surface area contributed by atoms with Gasteiger partial charge in [0.15, 0.2) is 0 Å². The van der Waals surface area contributed by atoms with Gasteiger partial charge in [0.05, 0.1) is 22.9 Å². The second-order valence-electron chi connectivity index (χ2n) is 5.78. The molecule has 27 heavy (non-hydrogen) atoms. The smallest absolute Gasteiger partial charge is 0.350 e. The van der Waals surface area contributed by atoms with E-state index in [0.717, 1.165) is 21.7 Å². The summed E-state index contributed by atoms with van der Waals surface area (Å²) in [5.41, 5.74) is 9.06. The Bertz CT molecular complexity index is 1120. The van der Waals surface area contributed by atoms with Crippen LogP contribution in [0.2, 0.25) is 0 Å². The number of nitrogens with zero attached hydrogens (tertiary/aromatic N) is 1. The summed E-state index contributed by atoms with van der Waals surface area (Å²) in [5, 5.41) is 2.67. The van der Waals surface area contributed by atoms with Crippen molar-refractivity contribution in [1.82, 2.24) is 4.98 Å². The molecule has 0 spiro atoms. The first-order chi connectivity index (χ1) is 13.1. The van der Waals surface area contributed by atoms with Crippen LogP contribution in [0, 0.1) is 5.82 Å². The zero-order valence-electron chi connectivity index (χ0n) is 14.4. The number of pyridine rings is 1. The summed E-state index contributed by atoms with van der Waals surface area (Å²) in [6.07, 6.45) is 0. The van der Waals surface area contributed by atoms with Crippen LogP contribution in [0.4, 0.5) is 10.1 Å². The fourth-order valence-electron chi connectivity index (χ4n) is 2.88. The number of rotatable bonds is 4. The first-order valence-corrected chi connectivity index (χ1v) is 9.98. The minimum atomic E-state index is -0.458. The van der Waals surface area contributed by atoms with Gasteiger partial charge in [-0.05, 0) is 47.7 Å². The molecular weight excluding hydrogens is 383 g/mol. The minimum Gasteiger partial charge on any atom is -0.462 e. The molecule has 4 nitrogen and oxygen atoms in total. The van der Waals surface area contributed by atoms with Crippen LogP contribution in [0.15, 0.2) is 47.8 Å². The maximum atomic E-state index is 13.4. The van der Waals surface area contributed by atoms with Gasteiger partial charge in [0.1, 0.15) is 15.5 Å². The maximum Gasteiger partial charge on any atom is 0.350 e. The fourth-order valence-corrected chi connectivity index (χ4v) is 4.58. The van der Waals surface area contributed by atoms with Crippen LogP contribution in [0.3, 0.4) is 0 Å². The van der Waals surface area contributed by atoms with Crippen LogP contribution >= 0.6 is 22.7 Å². The van der Waals surface area contributed by atoms with E-state index in [1.807, 2.05) is 23.6 Å². The first-order valence-electron chi connectivity index (χ1n) is 8.28. The molecule has 3 aromatic heterocycles. The Balaban J connectivity index is 2.00. The quantitative estimate of drug-likeness (QED) is 0.455. The molecule has 0 radical (unpaired) electrons. The Morgan fingerprint density at radius 2 is 2.04 bits per heavy atom. The summed E-state index contributed by atoms with van der Waals surface area (Å²) in [5.74, 6) is -0.770. The van der Waals surface area contributed by atoms with E-state index in [2.05, 4.69) is 0 Å². The molecule has 4 rings (SSSR count). The van der Waals surface area contributed by atoms with Gasteiger partial charge in [0.2, 0.25) is 0 Å². The molecule has 0 unspecified atom stereocenters. The highest BCUT2D eigenvalue weighted by Gasteiger charge is 2.22. The Morgan fingerprint density at radius 3 is 2.70 bits per heavy atom. The van der Waals surface area contributed by atoms with E-state index < -0.39 is 5.97 Å². The second-order valence-corrected chi connectivity index (χ2v) is 7.73. The first kappa shape index (κ1) is 17.6. The number of carbonyl (C=O) groups excluding carboxylic acids is 1. The average molecular weight is 398 g/mol. The van der Waals surface area contributed by atoms with Gasteiger partial charge in [-0.2, -0.15) is 0 Å². The standard InChI is InChI=1S/C20H15FN2O2S2/c1-2-25-20(24)18-17(22)16-13(11-5-7-12(21)8-6-11)10-14(23-19(16)27-18)15-4-3-9-26-15/h3-10H,2,22H2,1H3. The SMILES string of the molecule is CCOC(=O)c1sc2nc(-c3cccs3)cc(-c3ccc(F)cc3)c2c1N. The predicted octanol–water partition coefficient (Wildman–Crippen LogP) is 5.59. The number of hydrogen-bond acceptors (Lipinski definition) is 6. The lowest BCUT2D eigenvalue weighted by atomic mass is 10.0. The van der Waals surface area contributed by atoms with Gasteiger partial charge in [-0.15, -0.1) is 22.7 Å². The number of fused-ring (bicyclic) bond motifs is 1. The molecular formula is C20H15FN2O2S2. The van der Waals surface area contributed by atoms with Gasteiger partial charge >= 0.3 is 5.97 Å². The third kappa shape index (κ3) is 3.20. The number of hydrogen-bond donors (Lipinski definition) is 1. The van der Waals surface area contributed by atoms with Crippen molar-refractivity contribution in [2.45, 2.75) is 6.92 Å². The molecule has 4 aromatic rings. The molecule has 0 aliphatic rings. The number of thiophene rings is 2. The van der Waals surface area contributed by atoms with E-state index in [1.54, 1.807) is 30.4 Å². The fraction of sp³-hybridized carbons (Fsp3) is 0.100. The number of benzene rings is 1. The summed E-state index contributed by atoms with van der Waals surface area (Å²) in [7, 11) is 0. The monoisotopic (exact) mass is 398 g/mol. The van der Waals surface area contributed by atoms with Crippen LogP contribution in [0.5, 0.6) is 0 Å². The normalized spacial score (nSPS) is 11.0. The number of anilines is 1. The van der Waals surface area contributed by atoms with E-state index >= 15 is 0 Å². The topological polar surface area (TPSA) is 65.2 Å². The van der Waals surface area contributed by atoms with Gasteiger partial charge < -0.3 is 10.5 Å². The number of ether oxygens (including phenoxy) is 1. The van der Waals surface area contributed by atoms with Crippen molar-refractivity contribution in [3.05, 3.63) is 58.5 Å². The Morgan fingerprint density at radius 1 is 1.26 bits per heavy atom. The molecule has 0 bridgehead atoms. The van der Waals surface area contributed by atoms with Gasteiger partial charge in [0, 0.05) is 5.39 Å². The molecule has 0 atom stereocenters. The van der Waals surface area contributed by atoms with E-state index in [1.165, 1.54) is 23.5 Å². The highest BCUT2D eigenvalue weighted by atomic mass is 32.1. The van der Waals surface area contributed by atoms with Crippen LogP contribution in [-0.2, 0) is 4.74 Å². The van der Waals surface area contributed by atoms with Gasteiger partial charge in [0.25, 0.3) is 0 Å². The number of nitrogen functional groups attached to an aromatic ring is 1. The third-order valence-corrected chi connectivity index (χ3v) is 6.06. The molecule has 0 amide bonds. The lowest BCUT2D eigenvalue weighted by Crippen LogP contribution is -2.04. The Hall–Kier alpha value is -2.77. The van der Waals surface area contributed by atoms with Crippen molar-refractivity contribution in [2.24, 2.45) is 0 Å². The summed E-state index contributed by atoms with van der Waals surface area (Å²) < 4.78 is 18.5. The van der Waals surface area contributed by atoms with E-state index in [-0.39, 0.29) is 12.4 Å². The van der Waals surface area contributed by atoms with Crippen molar-refractivity contribution in [3.63, 3.8) is 0 Å². The number of nitrogens with two attached hydrogens (primary N) is 1. The minimum absolute atomic E-state index is 0.269. The van der Waals surface area contributed by atoms with Crippen molar-refractivity contribution < 1.29 is 13.9 Å². The average Bonchev–Trinajstić information content (AvgIpc) is 3.30. The van der Waals surface area contributed by atoms with Crippen LogP contribution in [0.25, 0.3) is 31.9 Å². The number of carbonyl (C=O) groups is 1. The van der Waals surface area contributed by atoms with Gasteiger partial charge in [-0.3, -0.25) is 0 Å². The highest BCUT2D eigenvalue weighted by molar-refractivity contribution is 7.21. The van der Waals surface area contributed by atoms with Crippen molar-refractivity contribution in [3.8, 4) is 21.7 Å². The van der Waals surface area contributed by atoms with Crippen molar-refractivity contribution >= 4 is 44.5 Å². The Labute approximate surface area is 163 Å². The zero-order chi connectivity index (χ0) is 19.0. The summed E-state index contributed by atoms with van der Waals surface area (Å²) in [6, 6.07) is 12.1. The molecule has 0 aliphatic carbocycles. The maximum absolute atomic E-state index is 13.4. The van der Waals surface area contributed by atoms with Crippen LogP contribution in [0.1, 0.15) is 16.6 Å². The lowest BCUT2D eigenvalue weighted by Gasteiger charge is -2.08. The largest absolute Gasteiger partial charge is 0.462 e. The molecule has 136 valence electrons. The molecule has 3 heterocycles. The van der Waals surface area contributed by atoms with Gasteiger partial charge in [-0.25, -0.2) is 14.2 Å². The summed E-state index contributed by atoms with van der Waals surface area (Å²) in [6.45, 7) is 2.02. The zero-order valence-corrected chi connectivity index (χ0v) is 16.0. The number of esters is 1. The van der Waals surface area contributed by atoms with Crippen LogP contribution in [-0.4, -0.2) is 17.6 Å². The van der Waals surface area contributed by atoms with E-state index in [0.29, 0.717) is 20.8 Å². The van der Waals surface area contributed by atoms with Gasteiger partial charge in [-0.1, -0.05) is 18.2 Å². The summed E-state index contributed by atoms with van der Waals surface area (Å²) in [4.78, 5) is 19.0. The lowest BCUT2D eigenvalue weighted by molar-refractivity contribution is 0.0533. The molecule has 1 aromatic carbocycles. The molecule has 2 N–H and O–H groups in total. The molecule has 0 aliphatic heterocycles. The summed E-state index contributed by atoms with van der Waals surface area (Å²) >= 11 is 2.79. The third-order valence-electron chi connectivity index (χ3n) is 4.09. The molecule has 0 fully saturated rings. The van der Waals surface area contributed by atoms with Crippen molar-refractivity contribution in [2.75, 3.05) is 12.3 Å². The van der Waals surface area contributed by atoms with Crippen LogP contribution < -0.4 is 5.73 Å². The molecule has 7 heteroatoms. The highest BCUT2D eigenvalue weighted by Crippen LogP contribution is 2.42. The number of aromatic nitrogens is 1. The second kappa shape index (κ2) is 7.09. The van der Waals surface area contributed by atoms with E-state index in [9.17, 15) is 9.18 Å². The van der Waals surface area contributed by atoms with Crippen molar-refractivity contribution in [1.29, 1.82) is 0 Å². The molecule has 0 saturated heterocycles. The Kier molecular flexibility index (Phi) is 4.63. The van der Waals surface area contributed by atoms with E-state index in [4.69, 9.17) is 15.5 Å². The predicted molar refractivity (Wildman–Crippen MR) is 109 cm³/mol. The number of halogens is 1.